The third kappa shape index (κ3) is 1.33. The van der Waals surface area contributed by atoms with E-state index in [1.54, 1.807) is 11.3 Å². The first-order valence-electron chi connectivity index (χ1n) is 4.44. The second-order valence-corrected chi connectivity index (χ2v) is 4.38. The number of hydrogen-bond acceptors (Lipinski definition) is 3. The molecule has 0 spiro atoms. The smallest absolute Gasteiger partial charge is 0.125 e. The summed E-state index contributed by atoms with van der Waals surface area (Å²) in [6, 6.07) is 0. The van der Waals surface area contributed by atoms with E-state index >= 15 is 0 Å². The predicted molar refractivity (Wildman–Crippen MR) is 56.3 cm³/mol. The fourth-order valence-electron chi connectivity index (χ4n) is 1.56. The highest BCUT2D eigenvalue weighted by atomic mass is 32.1. The zero-order chi connectivity index (χ0) is 9.42. The molecule has 0 saturated heterocycles. The van der Waals surface area contributed by atoms with Gasteiger partial charge in [-0.2, -0.15) is 0 Å². The molecule has 2 heterocycles. The zero-order valence-corrected chi connectivity index (χ0v) is 8.90. The SMILES string of the molecule is CCc1c(C)sc2cnc(C)nc12. The molecule has 0 aromatic carbocycles. The van der Waals surface area contributed by atoms with Crippen molar-refractivity contribution in [3.8, 4) is 0 Å². The Bertz CT molecular complexity index is 445. The Kier molecular flexibility index (Phi) is 2.04. The van der Waals surface area contributed by atoms with E-state index in [1.807, 2.05) is 13.1 Å². The first-order chi connectivity index (χ1) is 6.22. The van der Waals surface area contributed by atoms with Crippen LogP contribution < -0.4 is 0 Å². The Labute approximate surface area is 81.7 Å². The number of thiophene rings is 1. The number of nitrogens with zero attached hydrogens (tertiary/aromatic N) is 2. The van der Waals surface area contributed by atoms with E-state index < -0.39 is 0 Å². The molecule has 0 aliphatic heterocycles. The van der Waals surface area contributed by atoms with Gasteiger partial charge in [0.15, 0.2) is 0 Å². The Morgan fingerprint density at radius 1 is 1.38 bits per heavy atom. The normalized spacial score (nSPS) is 11.0. The Hall–Kier alpha value is -0.960. The van der Waals surface area contributed by atoms with Crippen molar-refractivity contribution in [3.63, 3.8) is 0 Å². The number of rotatable bonds is 1. The summed E-state index contributed by atoms with van der Waals surface area (Å²) in [5.41, 5.74) is 2.53. The fraction of sp³-hybridized carbons (Fsp3) is 0.400. The van der Waals surface area contributed by atoms with Crippen molar-refractivity contribution in [2.24, 2.45) is 0 Å². The summed E-state index contributed by atoms with van der Waals surface area (Å²) in [5, 5.41) is 0. The first-order valence-corrected chi connectivity index (χ1v) is 5.25. The Morgan fingerprint density at radius 3 is 2.85 bits per heavy atom. The van der Waals surface area contributed by atoms with Crippen molar-refractivity contribution in [2.45, 2.75) is 27.2 Å². The molecule has 2 aromatic rings. The lowest BCUT2D eigenvalue weighted by molar-refractivity contribution is 1.07. The summed E-state index contributed by atoms with van der Waals surface area (Å²) in [6.07, 6.45) is 2.98. The van der Waals surface area contributed by atoms with Crippen LogP contribution in [0.5, 0.6) is 0 Å². The highest BCUT2D eigenvalue weighted by Gasteiger charge is 2.08. The number of fused-ring (bicyclic) bond motifs is 1. The number of aryl methyl sites for hydroxylation is 3. The van der Waals surface area contributed by atoms with E-state index in [0.717, 1.165) is 17.8 Å². The minimum absolute atomic E-state index is 0.861. The van der Waals surface area contributed by atoms with Crippen LogP contribution in [0, 0.1) is 13.8 Å². The number of aromatic nitrogens is 2. The lowest BCUT2D eigenvalue weighted by atomic mass is 10.2. The number of hydrogen-bond donors (Lipinski definition) is 0. The maximum atomic E-state index is 4.47. The monoisotopic (exact) mass is 192 g/mol. The average molecular weight is 192 g/mol. The largest absolute Gasteiger partial charge is 0.240 e. The molecule has 0 bridgehead atoms. The molecule has 0 fully saturated rings. The van der Waals surface area contributed by atoms with Gasteiger partial charge in [-0.1, -0.05) is 6.92 Å². The minimum Gasteiger partial charge on any atom is -0.240 e. The van der Waals surface area contributed by atoms with Crippen molar-refractivity contribution >= 4 is 21.6 Å². The van der Waals surface area contributed by atoms with Gasteiger partial charge in [-0.3, -0.25) is 0 Å². The van der Waals surface area contributed by atoms with E-state index in [1.165, 1.54) is 15.1 Å². The van der Waals surface area contributed by atoms with Crippen LogP contribution >= 0.6 is 11.3 Å². The van der Waals surface area contributed by atoms with Crippen molar-refractivity contribution in [2.75, 3.05) is 0 Å². The van der Waals surface area contributed by atoms with Gasteiger partial charge in [0, 0.05) is 11.1 Å². The van der Waals surface area contributed by atoms with Gasteiger partial charge in [0.1, 0.15) is 5.82 Å². The summed E-state index contributed by atoms with van der Waals surface area (Å²) in [6.45, 7) is 6.26. The van der Waals surface area contributed by atoms with Crippen LogP contribution in [0.1, 0.15) is 23.2 Å². The lowest BCUT2D eigenvalue weighted by Gasteiger charge is -1.95. The molecule has 0 aliphatic rings. The van der Waals surface area contributed by atoms with Crippen LogP contribution in [-0.4, -0.2) is 9.97 Å². The minimum atomic E-state index is 0.861. The van der Waals surface area contributed by atoms with Crippen LogP contribution in [0.4, 0.5) is 0 Å². The molecule has 3 heteroatoms. The summed E-state index contributed by atoms with van der Waals surface area (Å²) in [5.74, 6) is 0.861. The van der Waals surface area contributed by atoms with Crippen molar-refractivity contribution in [3.05, 3.63) is 22.5 Å². The summed E-state index contributed by atoms with van der Waals surface area (Å²) in [4.78, 5) is 10.0. The highest BCUT2D eigenvalue weighted by molar-refractivity contribution is 7.19. The van der Waals surface area contributed by atoms with Gasteiger partial charge in [0.25, 0.3) is 0 Å². The average Bonchev–Trinajstić information content (AvgIpc) is 2.40. The Morgan fingerprint density at radius 2 is 2.15 bits per heavy atom. The van der Waals surface area contributed by atoms with Crippen molar-refractivity contribution in [1.82, 2.24) is 9.97 Å². The quantitative estimate of drug-likeness (QED) is 0.694. The predicted octanol–water partition coefficient (Wildman–Crippen LogP) is 2.87. The molecule has 2 aromatic heterocycles. The second kappa shape index (κ2) is 3.07. The van der Waals surface area contributed by atoms with E-state index in [-0.39, 0.29) is 0 Å². The van der Waals surface area contributed by atoms with Crippen LogP contribution in [0.3, 0.4) is 0 Å². The molecule has 2 nitrogen and oxygen atoms in total. The third-order valence-electron chi connectivity index (χ3n) is 2.20. The van der Waals surface area contributed by atoms with Gasteiger partial charge >= 0.3 is 0 Å². The van der Waals surface area contributed by atoms with E-state index in [9.17, 15) is 0 Å². The van der Waals surface area contributed by atoms with E-state index in [0.29, 0.717) is 0 Å². The van der Waals surface area contributed by atoms with Gasteiger partial charge in [0.05, 0.1) is 10.2 Å². The fourth-order valence-corrected chi connectivity index (χ4v) is 2.62. The highest BCUT2D eigenvalue weighted by Crippen LogP contribution is 2.28. The van der Waals surface area contributed by atoms with Crippen molar-refractivity contribution in [1.29, 1.82) is 0 Å². The van der Waals surface area contributed by atoms with Crippen LogP contribution in [0.25, 0.3) is 10.2 Å². The molecule has 0 saturated carbocycles. The summed E-state index contributed by atoms with van der Waals surface area (Å²) < 4.78 is 1.21. The summed E-state index contributed by atoms with van der Waals surface area (Å²) in [7, 11) is 0. The third-order valence-corrected chi connectivity index (χ3v) is 3.27. The molecular formula is C10H12N2S. The summed E-state index contributed by atoms with van der Waals surface area (Å²) >= 11 is 1.79. The van der Waals surface area contributed by atoms with Crippen molar-refractivity contribution < 1.29 is 0 Å². The molecule has 2 rings (SSSR count). The molecule has 0 aliphatic carbocycles. The molecule has 0 radical (unpaired) electrons. The van der Waals surface area contributed by atoms with Crippen LogP contribution in [-0.2, 0) is 6.42 Å². The van der Waals surface area contributed by atoms with E-state index in [2.05, 4.69) is 23.8 Å². The topological polar surface area (TPSA) is 25.8 Å². The maximum Gasteiger partial charge on any atom is 0.125 e. The van der Waals surface area contributed by atoms with Gasteiger partial charge in [-0.05, 0) is 25.8 Å². The van der Waals surface area contributed by atoms with Gasteiger partial charge in [-0.25, -0.2) is 9.97 Å². The standard InChI is InChI=1S/C10H12N2S/c1-4-8-6(2)13-9-5-11-7(3)12-10(8)9/h5H,4H2,1-3H3. The molecule has 0 N–H and O–H groups in total. The van der Waals surface area contributed by atoms with Gasteiger partial charge in [0.2, 0.25) is 0 Å². The molecule has 0 amide bonds. The van der Waals surface area contributed by atoms with Gasteiger partial charge < -0.3 is 0 Å². The molecule has 0 unspecified atom stereocenters. The molecular weight excluding hydrogens is 180 g/mol. The Balaban J connectivity index is 2.80. The first kappa shape index (κ1) is 8.63. The van der Waals surface area contributed by atoms with E-state index in [4.69, 9.17) is 0 Å². The van der Waals surface area contributed by atoms with Gasteiger partial charge in [-0.15, -0.1) is 11.3 Å². The molecule has 13 heavy (non-hydrogen) atoms. The molecule has 0 atom stereocenters. The lowest BCUT2D eigenvalue weighted by Crippen LogP contribution is -1.88. The zero-order valence-electron chi connectivity index (χ0n) is 8.09. The van der Waals surface area contributed by atoms with Crippen LogP contribution in [0.15, 0.2) is 6.20 Å². The van der Waals surface area contributed by atoms with Crippen LogP contribution in [0.2, 0.25) is 0 Å². The maximum absolute atomic E-state index is 4.47. The molecule has 68 valence electrons. The second-order valence-electron chi connectivity index (χ2n) is 3.12.